The van der Waals surface area contributed by atoms with E-state index in [1.54, 1.807) is 0 Å². The summed E-state index contributed by atoms with van der Waals surface area (Å²) in [6.07, 6.45) is 3.36. The maximum absolute atomic E-state index is 13.4. The number of nitrogens with two attached hydrogens (primary N) is 1. The Bertz CT molecular complexity index is 440. The van der Waals surface area contributed by atoms with Gasteiger partial charge in [0, 0.05) is 18.7 Å². The molecule has 0 aromatic heterocycles. The molecule has 0 saturated carbocycles. The summed E-state index contributed by atoms with van der Waals surface area (Å²) in [4.78, 5) is 2.27. The zero-order valence-electron chi connectivity index (χ0n) is 12.3. The molecule has 4 heteroatoms. The molecule has 0 radical (unpaired) electrons. The second-order valence-electron chi connectivity index (χ2n) is 6.51. The summed E-state index contributed by atoms with van der Waals surface area (Å²) < 4.78 is 26.8. The van der Waals surface area contributed by atoms with Crippen molar-refractivity contribution in [2.45, 2.75) is 39.2 Å². The van der Waals surface area contributed by atoms with E-state index in [-0.39, 0.29) is 6.04 Å². The summed E-state index contributed by atoms with van der Waals surface area (Å²) in [5, 5.41) is 0. The fourth-order valence-electron chi connectivity index (χ4n) is 3.02. The van der Waals surface area contributed by atoms with E-state index in [1.165, 1.54) is 18.6 Å². The number of hydrogen-bond acceptors (Lipinski definition) is 2. The van der Waals surface area contributed by atoms with E-state index >= 15 is 0 Å². The van der Waals surface area contributed by atoms with Crippen LogP contribution in [-0.4, -0.2) is 24.5 Å². The van der Waals surface area contributed by atoms with Crippen LogP contribution in [0.15, 0.2) is 18.2 Å². The fourth-order valence-corrected chi connectivity index (χ4v) is 3.02. The van der Waals surface area contributed by atoms with Gasteiger partial charge in [0.15, 0.2) is 0 Å². The number of rotatable bonds is 3. The number of nitrogens with zero attached hydrogens (tertiary/aromatic N) is 1. The highest BCUT2D eigenvalue weighted by Gasteiger charge is 2.27. The Morgan fingerprint density at radius 2 is 1.80 bits per heavy atom. The van der Waals surface area contributed by atoms with Crippen molar-refractivity contribution in [3.63, 3.8) is 0 Å². The van der Waals surface area contributed by atoms with Crippen molar-refractivity contribution in [3.8, 4) is 0 Å². The monoisotopic (exact) mass is 282 g/mol. The third-order valence-corrected chi connectivity index (χ3v) is 4.31. The van der Waals surface area contributed by atoms with Gasteiger partial charge < -0.3 is 5.73 Å². The Balaban J connectivity index is 2.19. The minimum absolute atomic E-state index is 0.103. The summed E-state index contributed by atoms with van der Waals surface area (Å²) >= 11 is 0. The van der Waals surface area contributed by atoms with E-state index in [1.807, 2.05) is 0 Å². The van der Waals surface area contributed by atoms with Gasteiger partial charge >= 0.3 is 0 Å². The van der Waals surface area contributed by atoms with Gasteiger partial charge in [0.05, 0.1) is 0 Å². The molecular weight excluding hydrogens is 258 g/mol. The molecule has 1 heterocycles. The summed E-state index contributed by atoms with van der Waals surface area (Å²) in [5.74, 6) is -1.07. The van der Waals surface area contributed by atoms with E-state index in [0.717, 1.165) is 32.0 Å². The average molecular weight is 282 g/mol. The SMILES string of the molecule is CC1(C)CCCN(C(CN)c2cc(F)cc(F)c2)CC1. The lowest BCUT2D eigenvalue weighted by Crippen LogP contribution is -2.35. The predicted octanol–water partition coefficient (Wildman–Crippen LogP) is 3.48. The molecule has 0 amide bonds. The van der Waals surface area contributed by atoms with Crippen LogP contribution in [0.4, 0.5) is 8.78 Å². The van der Waals surface area contributed by atoms with Gasteiger partial charge in [-0.2, -0.15) is 0 Å². The van der Waals surface area contributed by atoms with Crippen molar-refractivity contribution in [2.75, 3.05) is 19.6 Å². The van der Waals surface area contributed by atoms with Gasteiger partial charge in [0.2, 0.25) is 0 Å². The molecule has 1 saturated heterocycles. The van der Waals surface area contributed by atoms with E-state index < -0.39 is 11.6 Å². The molecule has 1 aliphatic rings. The summed E-state index contributed by atoms with van der Waals surface area (Å²) in [6.45, 7) is 6.78. The third kappa shape index (κ3) is 3.76. The van der Waals surface area contributed by atoms with Gasteiger partial charge in [-0.1, -0.05) is 13.8 Å². The second-order valence-corrected chi connectivity index (χ2v) is 6.51. The van der Waals surface area contributed by atoms with Crippen molar-refractivity contribution < 1.29 is 8.78 Å². The molecular formula is C16H24F2N2. The average Bonchev–Trinajstić information content (AvgIpc) is 2.51. The highest BCUT2D eigenvalue weighted by atomic mass is 19.1. The molecule has 112 valence electrons. The molecule has 2 N–H and O–H groups in total. The van der Waals surface area contributed by atoms with Crippen molar-refractivity contribution >= 4 is 0 Å². The summed E-state index contributed by atoms with van der Waals surface area (Å²) in [6, 6.07) is 3.60. The zero-order chi connectivity index (χ0) is 14.8. The first-order valence-corrected chi connectivity index (χ1v) is 7.31. The van der Waals surface area contributed by atoms with Crippen LogP contribution in [0.3, 0.4) is 0 Å². The maximum atomic E-state index is 13.4. The summed E-state index contributed by atoms with van der Waals surface area (Å²) in [7, 11) is 0. The lowest BCUT2D eigenvalue weighted by atomic mass is 9.85. The molecule has 1 aromatic carbocycles. The lowest BCUT2D eigenvalue weighted by Gasteiger charge is -2.30. The largest absolute Gasteiger partial charge is 0.329 e. The van der Waals surface area contributed by atoms with Gasteiger partial charge in [-0.25, -0.2) is 8.78 Å². The van der Waals surface area contributed by atoms with Crippen molar-refractivity contribution in [2.24, 2.45) is 11.1 Å². The van der Waals surface area contributed by atoms with Crippen molar-refractivity contribution in [1.82, 2.24) is 4.90 Å². The van der Waals surface area contributed by atoms with Crippen LogP contribution < -0.4 is 5.73 Å². The minimum Gasteiger partial charge on any atom is -0.329 e. The Morgan fingerprint density at radius 3 is 2.40 bits per heavy atom. The molecule has 1 unspecified atom stereocenters. The molecule has 20 heavy (non-hydrogen) atoms. The van der Waals surface area contributed by atoms with Crippen LogP contribution in [0.5, 0.6) is 0 Å². The van der Waals surface area contributed by atoms with Crippen LogP contribution >= 0.6 is 0 Å². The molecule has 1 atom stereocenters. The highest BCUT2D eigenvalue weighted by molar-refractivity contribution is 5.22. The van der Waals surface area contributed by atoms with Gasteiger partial charge in [-0.15, -0.1) is 0 Å². The fraction of sp³-hybridized carbons (Fsp3) is 0.625. The van der Waals surface area contributed by atoms with E-state index in [0.29, 0.717) is 17.5 Å². The third-order valence-electron chi connectivity index (χ3n) is 4.31. The number of hydrogen-bond donors (Lipinski definition) is 1. The van der Waals surface area contributed by atoms with Gasteiger partial charge in [0.25, 0.3) is 0 Å². The smallest absolute Gasteiger partial charge is 0.126 e. The number of benzene rings is 1. The summed E-state index contributed by atoms with van der Waals surface area (Å²) in [5.41, 5.74) is 6.85. The highest BCUT2D eigenvalue weighted by Crippen LogP contribution is 2.33. The molecule has 0 aliphatic carbocycles. The topological polar surface area (TPSA) is 29.3 Å². The molecule has 1 aliphatic heterocycles. The quantitative estimate of drug-likeness (QED) is 0.919. The van der Waals surface area contributed by atoms with E-state index in [9.17, 15) is 8.78 Å². The Labute approximate surface area is 120 Å². The van der Waals surface area contributed by atoms with Crippen molar-refractivity contribution in [1.29, 1.82) is 0 Å². The van der Waals surface area contributed by atoms with E-state index in [2.05, 4.69) is 18.7 Å². The van der Waals surface area contributed by atoms with Gasteiger partial charge in [-0.05, 0) is 55.5 Å². The first-order chi connectivity index (χ1) is 9.41. The zero-order valence-corrected chi connectivity index (χ0v) is 12.3. The predicted molar refractivity (Wildman–Crippen MR) is 77.4 cm³/mol. The van der Waals surface area contributed by atoms with Crippen LogP contribution in [0, 0.1) is 17.0 Å². The van der Waals surface area contributed by atoms with Crippen LogP contribution in [0.2, 0.25) is 0 Å². The number of likely N-dealkylation sites (tertiary alicyclic amines) is 1. The Morgan fingerprint density at radius 1 is 1.15 bits per heavy atom. The standard InChI is InChI=1S/C16H24F2N2/c1-16(2)4-3-6-20(7-5-16)15(11-19)12-8-13(17)10-14(18)9-12/h8-10,15H,3-7,11,19H2,1-2H3. The number of halogens is 2. The molecule has 1 fully saturated rings. The molecule has 1 aromatic rings. The normalized spacial score (nSPS) is 21.4. The van der Waals surface area contributed by atoms with Gasteiger partial charge in [0.1, 0.15) is 11.6 Å². The molecule has 2 nitrogen and oxygen atoms in total. The second kappa shape index (κ2) is 6.19. The molecule has 0 bridgehead atoms. The van der Waals surface area contributed by atoms with Crippen LogP contribution in [-0.2, 0) is 0 Å². The first-order valence-electron chi connectivity index (χ1n) is 7.31. The molecule has 2 rings (SSSR count). The molecule has 0 spiro atoms. The van der Waals surface area contributed by atoms with E-state index in [4.69, 9.17) is 5.73 Å². The Hall–Kier alpha value is -1.00. The lowest BCUT2D eigenvalue weighted by molar-refractivity contribution is 0.199. The van der Waals surface area contributed by atoms with Crippen LogP contribution in [0.1, 0.15) is 44.7 Å². The van der Waals surface area contributed by atoms with Gasteiger partial charge in [-0.3, -0.25) is 4.90 Å². The Kier molecular flexibility index (Phi) is 4.76. The van der Waals surface area contributed by atoms with Crippen LogP contribution in [0.25, 0.3) is 0 Å². The minimum atomic E-state index is -0.534. The van der Waals surface area contributed by atoms with Crippen molar-refractivity contribution in [3.05, 3.63) is 35.4 Å². The maximum Gasteiger partial charge on any atom is 0.126 e. The first kappa shape index (κ1) is 15.4.